The maximum absolute atomic E-state index is 12.1. The van der Waals surface area contributed by atoms with Gasteiger partial charge >= 0.3 is 0 Å². The van der Waals surface area contributed by atoms with Gasteiger partial charge in [0, 0.05) is 35.5 Å². The minimum atomic E-state index is -3.62. The van der Waals surface area contributed by atoms with Crippen LogP contribution in [0.15, 0.2) is 59.6 Å². The van der Waals surface area contributed by atoms with Crippen LogP contribution < -0.4 is 10.0 Å². The lowest BCUT2D eigenvalue weighted by Gasteiger charge is -2.06. The molecule has 0 aliphatic carbocycles. The monoisotopic (exact) mass is 449 g/mol. The first-order valence-corrected chi connectivity index (χ1v) is 11.6. The largest absolute Gasteiger partial charge is 0.302 e. The Bertz CT molecular complexity index is 1100. The molecule has 0 atom stereocenters. The summed E-state index contributed by atoms with van der Waals surface area (Å²) >= 11 is 7.53. The van der Waals surface area contributed by atoms with Crippen molar-refractivity contribution in [3.8, 4) is 0 Å². The van der Waals surface area contributed by atoms with Gasteiger partial charge in [0.1, 0.15) is 0 Å². The molecule has 9 heteroatoms. The number of halogens is 1. The van der Waals surface area contributed by atoms with E-state index in [1.165, 1.54) is 23.5 Å². The Kier molecular flexibility index (Phi) is 7.02. The second kappa shape index (κ2) is 9.49. The van der Waals surface area contributed by atoms with Gasteiger partial charge < -0.3 is 5.32 Å². The highest BCUT2D eigenvalue weighted by atomic mass is 35.5. The van der Waals surface area contributed by atoms with E-state index >= 15 is 0 Å². The van der Waals surface area contributed by atoms with Gasteiger partial charge in [0.05, 0.1) is 4.90 Å². The predicted octanol–water partition coefficient (Wildman–Crippen LogP) is 4.00. The number of nitrogens with one attached hydrogen (secondary N) is 2. The van der Waals surface area contributed by atoms with Gasteiger partial charge in [0.15, 0.2) is 5.13 Å². The summed E-state index contributed by atoms with van der Waals surface area (Å²) in [6.07, 6.45) is 2.39. The summed E-state index contributed by atoms with van der Waals surface area (Å²) in [6.45, 7) is 1.95. The number of anilines is 1. The molecule has 0 spiro atoms. The lowest BCUT2D eigenvalue weighted by atomic mass is 10.1. The molecule has 3 aromatic rings. The zero-order valence-corrected chi connectivity index (χ0v) is 18.1. The number of hydrogen-bond acceptors (Lipinski definition) is 5. The van der Waals surface area contributed by atoms with Crippen molar-refractivity contribution in [3.63, 3.8) is 0 Å². The average Bonchev–Trinajstić information content (AvgIpc) is 3.12. The molecule has 3 rings (SSSR count). The maximum atomic E-state index is 12.1. The highest BCUT2D eigenvalue weighted by Gasteiger charge is 2.14. The van der Waals surface area contributed by atoms with Crippen molar-refractivity contribution in [1.82, 2.24) is 9.71 Å². The molecule has 2 N–H and O–H groups in total. The normalized spacial score (nSPS) is 11.4. The van der Waals surface area contributed by atoms with Crippen LogP contribution in [0.4, 0.5) is 5.13 Å². The summed E-state index contributed by atoms with van der Waals surface area (Å²) < 4.78 is 26.7. The van der Waals surface area contributed by atoms with Crippen LogP contribution in [-0.2, 0) is 21.2 Å². The Labute approximate surface area is 179 Å². The fourth-order valence-corrected chi connectivity index (χ4v) is 4.68. The fraction of sp³-hybridized carbons (Fsp3) is 0.200. The summed E-state index contributed by atoms with van der Waals surface area (Å²) in [5, 5.41) is 3.90. The minimum Gasteiger partial charge on any atom is -0.302 e. The zero-order chi connectivity index (χ0) is 20.9. The molecule has 0 bridgehead atoms. The molecule has 6 nitrogen and oxygen atoms in total. The van der Waals surface area contributed by atoms with Crippen molar-refractivity contribution in [2.45, 2.75) is 24.7 Å². The number of aromatic nitrogens is 1. The minimum absolute atomic E-state index is 0.00313. The van der Waals surface area contributed by atoms with E-state index < -0.39 is 10.0 Å². The van der Waals surface area contributed by atoms with Gasteiger partial charge in [-0.15, -0.1) is 11.3 Å². The van der Waals surface area contributed by atoms with E-state index in [2.05, 4.69) is 15.0 Å². The molecule has 1 heterocycles. The molecule has 152 valence electrons. The molecule has 0 saturated heterocycles. The third kappa shape index (κ3) is 6.11. The van der Waals surface area contributed by atoms with E-state index in [-0.39, 0.29) is 23.8 Å². The molecule has 0 aliphatic rings. The Balaban J connectivity index is 1.49. The second-order valence-corrected chi connectivity index (χ2v) is 9.69. The molecule has 0 unspecified atom stereocenters. The van der Waals surface area contributed by atoms with E-state index in [1.807, 2.05) is 25.1 Å². The molecule has 0 saturated carbocycles. The second-order valence-electron chi connectivity index (χ2n) is 6.40. The van der Waals surface area contributed by atoms with Crippen LogP contribution in [0.3, 0.4) is 0 Å². The van der Waals surface area contributed by atoms with Crippen molar-refractivity contribution in [3.05, 3.63) is 75.8 Å². The number of hydrogen-bond donors (Lipinski definition) is 2. The third-order valence-electron chi connectivity index (χ3n) is 4.11. The van der Waals surface area contributed by atoms with E-state index in [9.17, 15) is 13.2 Å². The molecule has 2 aromatic carbocycles. The Morgan fingerprint density at radius 1 is 1.17 bits per heavy atom. The molecule has 1 amide bonds. The van der Waals surface area contributed by atoms with Gasteiger partial charge in [-0.2, -0.15) is 0 Å². The fourth-order valence-electron chi connectivity index (χ4n) is 2.56. The number of thiazole rings is 1. The van der Waals surface area contributed by atoms with Crippen LogP contribution in [0, 0.1) is 6.92 Å². The van der Waals surface area contributed by atoms with Crippen molar-refractivity contribution in [2.75, 3.05) is 11.9 Å². The Morgan fingerprint density at radius 2 is 1.93 bits per heavy atom. The molecular formula is C20H20ClN3O3S2. The molecule has 1 aromatic heterocycles. The maximum Gasteiger partial charge on any atom is 0.240 e. The predicted molar refractivity (Wildman–Crippen MR) is 116 cm³/mol. The molecular weight excluding hydrogens is 430 g/mol. The van der Waals surface area contributed by atoms with E-state index in [4.69, 9.17) is 11.6 Å². The summed E-state index contributed by atoms with van der Waals surface area (Å²) in [6, 6.07) is 13.9. The van der Waals surface area contributed by atoms with Gasteiger partial charge in [-0.25, -0.2) is 18.1 Å². The summed E-state index contributed by atoms with van der Waals surface area (Å²) in [4.78, 5) is 17.5. The van der Waals surface area contributed by atoms with Gasteiger partial charge in [-0.3, -0.25) is 4.79 Å². The number of nitrogens with zero attached hydrogens (tertiary/aromatic N) is 1. The third-order valence-corrected chi connectivity index (χ3v) is 6.91. The molecule has 0 aliphatic heterocycles. The average molecular weight is 450 g/mol. The first kappa shape index (κ1) is 21.4. The van der Waals surface area contributed by atoms with Crippen LogP contribution in [-0.4, -0.2) is 25.9 Å². The smallest absolute Gasteiger partial charge is 0.240 e. The van der Waals surface area contributed by atoms with Crippen LogP contribution >= 0.6 is 22.9 Å². The molecule has 0 fully saturated rings. The van der Waals surface area contributed by atoms with Crippen molar-refractivity contribution in [1.29, 1.82) is 0 Å². The summed E-state index contributed by atoms with van der Waals surface area (Å²) in [7, 11) is -3.62. The number of carbonyl (C=O) groups excluding carboxylic acids is 1. The zero-order valence-electron chi connectivity index (χ0n) is 15.7. The number of amides is 1. The van der Waals surface area contributed by atoms with Crippen molar-refractivity contribution in [2.24, 2.45) is 0 Å². The number of carbonyl (C=O) groups is 1. The van der Waals surface area contributed by atoms with Crippen LogP contribution in [0.2, 0.25) is 5.02 Å². The molecule has 0 radical (unpaired) electrons. The number of sulfonamides is 1. The van der Waals surface area contributed by atoms with Crippen LogP contribution in [0.1, 0.15) is 22.4 Å². The van der Waals surface area contributed by atoms with Crippen molar-refractivity contribution >= 4 is 44.0 Å². The Morgan fingerprint density at radius 3 is 2.66 bits per heavy atom. The van der Waals surface area contributed by atoms with Crippen LogP contribution in [0.5, 0.6) is 0 Å². The Hall–Kier alpha value is -2.26. The number of rotatable bonds is 8. The summed E-state index contributed by atoms with van der Waals surface area (Å²) in [5.41, 5.74) is 2.09. The van der Waals surface area contributed by atoms with Gasteiger partial charge in [0.25, 0.3) is 0 Å². The first-order valence-electron chi connectivity index (χ1n) is 8.88. The molecule has 29 heavy (non-hydrogen) atoms. The standard InChI is InChI=1S/C20H20ClN3O3S2/c1-14-7-8-15(12-18(14)21)11-16-13-22-20(28-16)24-19(25)9-10-23-29(26,27)17-5-3-2-4-6-17/h2-8,12-13,23H,9-11H2,1H3,(H,22,24,25). The lowest BCUT2D eigenvalue weighted by molar-refractivity contribution is -0.116. The quantitative estimate of drug-likeness (QED) is 0.544. The van der Waals surface area contributed by atoms with E-state index in [0.717, 1.165) is 21.0 Å². The number of aryl methyl sites for hydroxylation is 1. The van der Waals surface area contributed by atoms with Gasteiger partial charge in [-0.1, -0.05) is 41.9 Å². The number of benzene rings is 2. The van der Waals surface area contributed by atoms with E-state index in [1.54, 1.807) is 24.4 Å². The lowest BCUT2D eigenvalue weighted by Crippen LogP contribution is -2.27. The van der Waals surface area contributed by atoms with Crippen LogP contribution in [0.25, 0.3) is 0 Å². The highest BCUT2D eigenvalue weighted by molar-refractivity contribution is 7.89. The highest BCUT2D eigenvalue weighted by Crippen LogP contribution is 2.24. The SMILES string of the molecule is Cc1ccc(Cc2cnc(NC(=O)CCNS(=O)(=O)c3ccccc3)s2)cc1Cl. The summed E-state index contributed by atoms with van der Waals surface area (Å²) in [5.74, 6) is -0.306. The van der Waals surface area contributed by atoms with Crippen molar-refractivity contribution < 1.29 is 13.2 Å². The topological polar surface area (TPSA) is 88.2 Å². The van der Waals surface area contributed by atoms with Gasteiger partial charge in [0.2, 0.25) is 15.9 Å². The van der Waals surface area contributed by atoms with E-state index in [0.29, 0.717) is 11.6 Å². The first-order chi connectivity index (χ1) is 13.8. The van der Waals surface area contributed by atoms with Gasteiger partial charge in [-0.05, 0) is 36.2 Å².